The van der Waals surface area contributed by atoms with Gasteiger partial charge in [0.2, 0.25) is 0 Å². The highest BCUT2D eigenvalue weighted by Crippen LogP contribution is 2.23. The monoisotopic (exact) mass is 179 g/mol. The minimum absolute atomic E-state index is 0.170. The lowest BCUT2D eigenvalue weighted by Crippen LogP contribution is -2.28. The molecule has 0 fully saturated rings. The fourth-order valence-electron chi connectivity index (χ4n) is 0.798. The number of aromatic nitrogens is 1. The van der Waals surface area contributed by atoms with Gasteiger partial charge in [-0.25, -0.2) is 0 Å². The molecule has 0 aliphatic carbocycles. The van der Waals surface area contributed by atoms with E-state index in [1.807, 2.05) is 12.1 Å². The smallest absolute Gasteiger partial charge is 0.122 e. The number of pyridine rings is 1. The van der Waals surface area contributed by atoms with Crippen LogP contribution in [0.3, 0.4) is 0 Å². The molecule has 1 atom stereocenters. The lowest BCUT2D eigenvalue weighted by Gasteiger charge is -2.27. The molecule has 0 spiro atoms. The van der Waals surface area contributed by atoms with Crippen molar-refractivity contribution in [3.63, 3.8) is 0 Å². The van der Waals surface area contributed by atoms with Gasteiger partial charge in [-0.15, -0.1) is 0 Å². The predicted octanol–water partition coefficient (Wildman–Crippen LogP) is 2.90. The molecule has 2 heteroatoms. The summed E-state index contributed by atoms with van der Waals surface area (Å²) >= 11 is 0. The Morgan fingerprint density at radius 1 is 1.23 bits per heavy atom. The summed E-state index contributed by atoms with van der Waals surface area (Å²) in [5.41, 5.74) is 0.170. The Hall–Kier alpha value is -1.05. The lowest BCUT2D eigenvalue weighted by atomic mass is 9.90. The minimum Gasteiger partial charge on any atom is -0.490 e. The Labute approximate surface area is 80.0 Å². The molecular weight excluding hydrogens is 162 g/mol. The van der Waals surface area contributed by atoms with Crippen molar-refractivity contribution in [1.82, 2.24) is 4.98 Å². The van der Waals surface area contributed by atoms with Crippen LogP contribution < -0.4 is 4.74 Å². The van der Waals surface area contributed by atoms with Crippen molar-refractivity contribution in [2.24, 2.45) is 5.41 Å². The van der Waals surface area contributed by atoms with Crippen LogP contribution in [0.4, 0.5) is 0 Å². The molecule has 13 heavy (non-hydrogen) atoms. The average Bonchev–Trinajstić information content (AvgIpc) is 2.04. The van der Waals surface area contributed by atoms with E-state index in [0.717, 1.165) is 5.75 Å². The molecule has 0 radical (unpaired) electrons. The number of ether oxygens (including phenoxy) is 1. The molecule has 0 N–H and O–H groups in total. The van der Waals surface area contributed by atoms with Crippen molar-refractivity contribution in [1.29, 1.82) is 0 Å². The summed E-state index contributed by atoms with van der Waals surface area (Å²) in [5.74, 6) is 0.887. The fourth-order valence-corrected chi connectivity index (χ4v) is 0.798. The maximum Gasteiger partial charge on any atom is 0.122 e. The molecule has 0 unspecified atom stereocenters. The molecule has 0 bridgehead atoms. The average molecular weight is 179 g/mol. The van der Waals surface area contributed by atoms with E-state index < -0.39 is 0 Å². The van der Waals surface area contributed by atoms with Crippen LogP contribution in [0.1, 0.15) is 27.7 Å². The van der Waals surface area contributed by atoms with Gasteiger partial charge in [0, 0.05) is 12.4 Å². The molecule has 0 saturated carbocycles. The molecule has 0 aliphatic rings. The van der Waals surface area contributed by atoms with E-state index in [4.69, 9.17) is 4.74 Å². The highest BCUT2D eigenvalue weighted by Gasteiger charge is 2.21. The van der Waals surface area contributed by atoms with Gasteiger partial charge in [0.15, 0.2) is 0 Å². The van der Waals surface area contributed by atoms with E-state index in [-0.39, 0.29) is 11.5 Å². The SMILES string of the molecule is C[C@@H](Oc1ccncc1)C(C)(C)C. The largest absolute Gasteiger partial charge is 0.490 e. The van der Waals surface area contributed by atoms with Crippen molar-refractivity contribution >= 4 is 0 Å². The molecule has 0 amide bonds. The molecule has 0 saturated heterocycles. The topological polar surface area (TPSA) is 22.1 Å². The van der Waals surface area contributed by atoms with Gasteiger partial charge in [0.1, 0.15) is 11.9 Å². The Kier molecular flexibility index (Phi) is 2.91. The van der Waals surface area contributed by atoms with Gasteiger partial charge < -0.3 is 4.74 Å². The molecule has 0 aliphatic heterocycles. The maximum atomic E-state index is 5.74. The molecule has 2 nitrogen and oxygen atoms in total. The van der Waals surface area contributed by atoms with E-state index in [0.29, 0.717) is 0 Å². The van der Waals surface area contributed by atoms with Crippen LogP contribution in [0, 0.1) is 5.41 Å². The number of nitrogens with zero attached hydrogens (tertiary/aromatic N) is 1. The summed E-state index contributed by atoms with van der Waals surface area (Å²) < 4.78 is 5.74. The van der Waals surface area contributed by atoms with Crippen LogP contribution in [0.5, 0.6) is 5.75 Å². The van der Waals surface area contributed by atoms with Crippen LogP contribution >= 0.6 is 0 Å². The Morgan fingerprint density at radius 3 is 2.23 bits per heavy atom. The predicted molar refractivity (Wildman–Crippen MR) is 53.8 cm³/mol. The van der Waals surface area contributed by atoms with Crippen molar-refractivity contribution in [3.05, 3.63) is 24.5 Å². The summed E-state index contributed by atoms with van der Waals surface area (Å²) in [5, 5.41) is 0. The van der Waals surface area contributed by atoms with E-state index in [9.17, 15) is 0 Å². The van der Waals surface area contributed by atoms with Crippen LogP contribution in [0.15, 0.2) is 24.5 Å². The fraction of sp³-hybridized carbons (Fsp3) is 0.545. The second kappa shape index (κ2) is 3.77. The second-order valence-electron chi connectivity index (χ2n) is 4.31. The van der Waals surface area contributed by atoms with E-state index in [1.54, 1.807) is 12.4 Å². The highest BCUT2D eigenvalue weighted by molar-refractivity contribution is 5.17. The Morgan fingerprint density at radius 2 is 1.77 bits per heavy atom. The second-order valence-corrected chi connectivity index (χ2v) is 4.31. The van der Waals surface area contributed by atoms with Crippen molar-refractivity contribution < 1.29 is 4.74 Å². The van der Waals surface area contributed by atoms with Gasteiger partial charge >= 0.3 is 0 Å². The summed E-state index contributed by atoms with van der Waals surface area (Å²) in [4.78, 5) is 3.93. The Balaban J connectivity index is 2.61. The van der Waals surface area contributed by atoms with Gasteiger partial charge in [-0.3, -0.25) is 4.98 Å². The summed E-state index contributed by atoms with van der Waals surface area (Å²) in [7, 11) is 0. The van der Waals surface area contributed by atoms with Gasteiger partial charge in [-0.05, 0) is 24.5 Å². The zero-order chi connectivity index (χ0) is 9.90. The third-order valence-electron chi connectivity index (χ3n) is 2.18. The normalized spacial score (nSPS) is 13.8. The highest BCUT2D eigenvalue weighted by atomic mass is 16.5. The van der Waals surface area contributed by atoms with Crippen molar-refractivity contribution in [2.45, 2.75) is 33.8 Å². The summed E-state index contributed by atoms with van der Waals surface area (Å²) in [6, 6.07) is 3.75. The van der Waals surface area contributed by atoms with Crippen molar-refractivity contribution in [3.8, 4) is 5.75 Å². The van der Waals surface area contributed by atoms with E-state index in [1.165, 1.54) is 0 Å². The van der Waals surface area contributed by atoms with Crippen LogP contribution in [-0.2, 0) is 0 Å². The third-order valence-corrected chi connectivity index (χ3v) is 2.18. The first-order valence-corrected chi connectivity index (χ1v) is 4.57. The zero-order valence-electron chi connectivity index (χ0n) is 8.74. The van der Waals surface area contributed by atoms with Gasteiger partial charge in [-0.2, -0.15) is 0 Å². The number of hydrogen-bond acceptors (Lipinski definition) is 2. The van der Waals surface area contributed by atoms with Crippen LogP contribution in [0.25, 0.3) is 0 Å². The summed E-state index contributed by atoms with van der Waals surface area (Å²) in [6.45, 7) is 8.58. The summed E-state index contributed by atoms with van der Waals surface area (Å²) in [6.07, 6.45) is 3.69. The molecule has 1 aromatic rings. The molecule has 1 rings (SSSR count). The standard InChI is InChI=1S/C11H17NO/c1-9(11(2,3)4)13-10-5-7-12-8-6-10/h5-9H,1-4H3/t9-/m1/s1. The quantitative estimate of drug-likeness (QED) is 0.696. The molecular formula is C11H17NO. The molecule has 1 heterocycles. The molecule has 0 aromatic carbocycles. The number of hydrogen-bond donors (Lipinski definition) is 0. The molecule has 72 valence electrons. The Bertz CT molecular complexity index is 251. The van der Waals surface area contributed by atoms with Gasteiger partial charge in [0.25, 0.3) is 0 Å². The van der Waals surface area contributed by atoms with E-state index in [2.05, 4.69) is 32.7 Å². The lowest BCUT2D eigenvalue weighted by molar-refractivity contribution is 0.103. The van der Waals surface area contributed by atoms with Crippen LogP contribution in [-0.4, -0.2) is 11.1 Å². The van der Waals surface area contributed by atoms with E-state index >= 15 is 0 Å². The van der Waals surface area contributed by atoms with Gasteiger partial charge in [0.05, 0.1) is 0 Å². The maximum absolute atomic E-state index is 5.74. The first-order chi connectivity index (χ1) is 6.00. The van der Waals surface area contributed by atoms with Crippen LogP contribution in [0.2, 0.25) is 0 Å². The first kappa shape index (κ1) is 10.0. The minimum atomic E-state index is 0.170. The first-order valence-electron chi connectivity index (χ1n) is 4.57. The number of rotatable bonds is 2. The zero-order valence-corrected chi connectivity index (χ0v) is 8.74. The third kappa shape index (κ3) is 3.05. The van der Waals surface area contributed by atoms with Gasteiger partial charge in [-0.1, -0.05) is 20.8 Å². The van der Waals surface area contributed by atoms with Crippen molar-refractivity contribution in [2.75, 3.05) is 0 Å². The molecule has 1 aromatic heterocycles.